The summed E-state index contributed by atoms with van der Waals surface area (Å²) in [6.07, 6.45) is 11.8. The van der Waals surface area contributed by atoms with Crippen LogP contribution in [-0.4, -0.2) is 39.0 Å². The molecular formula is C19H29ClN6O. The minimum absolute atomic E-state index is 0. The molecule has 148 valence electrons. The first kappa shape index (κ1) is 19.9. The van der Waals surface area contributed by atoms with Gasteiger partial charge in [-0.2, -0.15) is 10.2 Å². The van der Waals surface area contributed by atoms with Gasteiger partial charge in [0, 0.05) is 24.5 Å². The Kier molecular flexibility index (Phi) is 6.90. The van der Waals surface area contributed by atoms with Crippen LogP contribution < -0.4 is 10.6 Å². The first-order valence-electron chi connectivity index (χ1n) is 9.89. The van der Waals surface area contributed by atoms with E-state index in [0.29, 0.717) is 17.6 Å². The van der Waals surface area contributed by atoms with Gasteiger partial charge in [-0.1, -0.05) is 32.1 Å². The van der Waals surface area contributed by atoms with Gasteiger partial charge in [-0.05, 0) is 37.8 Å². The van der Waals surface area contributed by atoms with E-state index >= 15 is 0 Å². The van der Waals surface area contributed by atoms with E-state index < -0.39 is 0 Å². The lowest BCUT2D eigenvalue weighted by molar-refractivity contribution is 0.102. The highest BCUT2D eigenvalue weighted by Crippen LogP contribution is 2.26. The van der Waals surface area contributed by atoms with E-state index in [4.69, 9.17) is 0 Å². The Labute approximate surface area is 166 Å². The van der Waals surface area contributed by atoms with Crippen molar-refractivity contribution < 1.29 is 4.79 Å². The molecule has 2 aromatic rings. The van der Waals surface area contributed by atoms with Gasteiger partial charge in [-0.15, -0.1) is 12.4 Å². The third-order valence-electron chi connectivity index (χ3n) is 5.59. The second-order valence-electron chi connectivity index (χ2n) is 7.62. The van der Waals surface area contributed by atoms with Crippen LogP contribution in [0.4, 0.5) is 5.82 Å². The highest BCUT2D eigenvalue weighted by atomic mass is 35.5. The zero-order valence-corrected chi connectivity index (χ0v) is 16.4. The van der Waals surface area contributed by atoms with E-state index in [2.05, 4.69) is 25.9 Å². The number of H-pyrrole nitrogens is 1. The van der Waals surface area contributed by atoms with Gasteiger partial charge in [0.1, 0.15) is 0 Å². The maximum Gasteiger partial charge on any atom is 0.277 e. The van der Waals surface area contributed by atoms with Gasteiger partial charge >= 0.3 is 0 Å². The van der Waals surface area contributed by atoms with E-state index in [0.717, 1.165) is 44.0 Å². The molecule has 0 aromatic carbocycles. The second kappa shape index (κ2) is 9.37. The summed E-state index contributed by atoms with van der Waals surface area (Å²) in [5, 5.41) is 18.0. The Morgan fingerprint density at radius 2 is 2.07 bits per heavy atom. The van der Waals surface area contributed by atoms with Gasteiger partial charge in [0.05, 0.1) is 6.04 Å². The number of anilines is 1. The van der Waals surface area contributed by atoms with Gasteiger partial charge in [0.25, 0.3) is 5.91 Å². The molecule has 1 atom stereocenters. The second-order valence-corrected chi connectivity index (χ2v) is 7.62. The van der Waals surface area contributed by atoms with E-state index in [1.165, 1.54) is 32.1 Å². The maximum absolute atomic E-state index is 12.5. The van der Waals surface area contributed by atoms with Gasteiger partial charge in [-0.25, -0.2) is 0 Å². The molecule has 3 heterocycles. The van der Waals surface area contributed by atoms with E-state index in [9.17, 15) is 4.79 Å². The van der Waals surface area contributed by atoms with Crippen LogP contribution in [0.15, 0.2) is 18.3 Å². The molecule has 1 aliphatic heterocycles. The first-order chi connectivity index (χ1) is 12.8. The molecule has 8 heteroatoms. The third kappa shape index (κ3) is 5.11. The van der Waals surface area contributed by atoms with Crippen molar-refractivity contribution in [2.75, 3.05) is 18.4 Å². The van der Waals surface area contributed by atoms with Crippen LogP contribution in [0, 0.1) is 5.92 Å². The smallest absolute Gasteiger partial charge is 0.277 e. The predicted molar refractivity (Wildman–Crippen MR) is 107 cm³/mol. The van der Waals surface area contributed by atoms with Crippen molar-refractivity contribution in [1.82, 2.24) is 25.3 Å². The van der Waals surface area contributed by atoms with E-state index in [1.807, 2.05) is 16.9 Å². The van der Waals surface area contributed by atoms with Crippen LogP contribution >= 0.6 is 12.4 Å². The zero-order chi connectivity index (χ0) is 17.8. The number of aromatic nitrogens is 4. The average molecular weight is 393 g/mol. The number of amides is 1. The summed E-state index contributed by atoms with van der Waals surface area (Å²) in [4.78, 5) is 12.5. The number of hydrogen-bond acceptors (Lipinski definition) is 4. The van der Waals surface area contributed by atoms with Crippen molar-refractivity contribution in [3.8, 4) is 0 Å². The Balaban J connectivity index is 0.00000210. The lowest BCUT2D eigenvalue weighted by atomic mass is 9.86. The molecule has 1 unspecified atom stereocenters. The molecule has 2 aliphatic rings. The molecule has 27 heavy (non-hydrogen) atoms. The van der Waals surface area contributed by atoms with Crippen molar-refractivity contribution in [3.05, 3.63) is 29.7 Å². The molecule has 1 amide bonds. The summed E-state index contributed by atoms with van der Waals surface area (Å²) in [6, 6.07) is 4.06. The number of hydrogen-bond donors (Lipinski definition) is 3. The average Bonchev–Trinajstić information content (AvgIpc) is 3.33. The molecule has 3 N–H and O–H groups in total. The fraction of sp³-hybridized carbons (Fsp3) is 0.632. The van der Waals surface area contributed by atoms with Crippen LogP contribution in [0.5, 0.6) is 0 Å². The molecular weight excluding hydrogens is 364 g/mol. The van der Waals surface area contributed by atoms with Crippen LogP contribution in [0.25, 0.3) is 0 Å². The highest BCUT2D eigenvalue weighted by Gasteiger charge is 2.19. The van der Waals surface area contributed by atoms with Crippen molar-refractivity contribution >= 4 is 24.1 Å². The van der Waals surface area contributed by atoms with Crippen molar-refractivity contribution in [2.45, 2.75) is 57.4 Å². The summed E-state index contributed by atoms with van der Waals surface area (Å²) in [5.41, 5.74) is 1.54. The van der Waals surface area contributed by atoms with E-state index in [1.54, 1.807) is 6.07 Å². The number of carbonyl (C=O) groups is 1. The molecule has 7 nitrogen and oxygen atoms in total. The number of halogens is 1. The standard InChI is InChI=1S/C19H28N6O.ClH/c26-19(17-8-10-25(24-17)16-7-4-9-20-13-16)21-18-12-15(22-23-18)11-14-5-2-1-3-6-14;/h8,10,12,14,16,20H,1-7,9,11,13H2,(H2,21,22,23,26);1H. The quantitative estimate of drug-likeness (QED) is 0.728. The fourth-order valence-electron chi connectivity index (χ4n) is 4.13. The van der Waals surface area contributed by atoms with Crippen LogP contribution in [0.2, 0.25) is 0 Å². The minimum Gasteiger partial charge on any atom is -0.315 e. The van der Waals surface area contributed by atoms with Gasteiger partial charge < -0.3 is 10.6 Å². The van der Waals surface area contributed by atoms with Crippen molar-refractivity contribution in [1.29, 1.82) is 0 Å². The number of nitrogens with one attached hydrogen (secondary N) is 3. The first-order valence-corrected chi connectivity index (χ1v) is 9.89. The molecule has 2 fully saturated rings. The topological polar surface area (TPSA) is 87.6 Å². The summed E-state index contributed by atoms with van der Waals surface area (Å²) in [6.45, 7) is 1.97. The van der Waals surface area contributed by atoms with Gasteiger partial charge in [0.15, 0.2) is 11.5 Å². The summed E-state index contributed by atoms with van der Waals surface area (Å²) in [7, 11) is 0. The number of piperidine rings is 1. The molecule has 0 bridgehead atoms. The zero-order valence-electron chi connectivity index (χ0n) is 15.6. The van der Waals surface area contributed by atoms with Gasteiger partial charge in [0.2, 0.25) is 0 Å². The molecule has 1 aliphatic carbocycles. The van der Waals surface area contributed by atoms with Gasteiger partial charge in [-0.3, -0.25) is 14.6 Å². The Morgan fingerprint density at radius 3 is 2.85 bits per heavy atom. The molecule has 1 saturated carbocycles. The summed E-state index contributed by atoms with van der Waals surface area (Å²) < 4.78 is 1.90. The van der Waals surface area contributed by atoms with Crippen LogP contribution in [0.3, 0.4) is 0 Å². The number of carbonyl (C=O) groups excluding carboxylic acids is 1. The van der Waals surface area contributed by atoms with Crippen LogP contribution in [-0.2, 0) is 6.42 Å². The Morgan fingerprint density at radius 1 is 1.22 bits per heavy atom. The number of aromatic amines is 1. The fourth-order valence-corrected chi connectivity index (χ4v) is 4.13. The normalized spacial score (nSPS) is 20.8. The molecule has 2 aromatic heterocycles. The number of nitrogens with zero attached hydrogens (tertiary/aromatic N) is 3. The minimum atomic E-state index is -0.205. The largest absolute Gasteiger partial charge is 0.315 e. The highest BCUT2D eigenvalue weighted by molar-refractivity contribution is 6.02. The van der Waals surface area contributed by atoms with E-state index in [-0.39, 0.29) is 18.3 Å². The summed E-state index contributed by atoms with van der Waals surface area (Å²) >= 11 is 0. The van der Waals surface area contributed by atoms with Crippen LogP contribution in [0.1, 0.15) is 67.2 Å². The van der Waals surface area contributed by atoms with Crippen molar-refractivity contribution in [2.24, 2.45) is 5.92 Å². The molecule has 0 spiro atoms. The molecule has 0 radical (unpaired) electrons. The Hall–Kier alpha value is -1.86. The third-order valence-corrected chi connectivity index (χ3v) is 5.59. The monoisotopic (exact) mass is 392 g/mol. The Bertz CT molecular complexity index is 730. The molecule has 1 saturated heterocycles. The molecule has 4 rings (SSSR count). The maximum atomic E-state index is 12.5. The number of rotatable bonds is 5. The summed E-state index contributed by atoms with van der Waals surface area (Å²) in [5.74, 6) is 1.12. The lowest BCUT2D eigenvalue weighted by Gasteiger charge is -2.22. The predicted octanol–water partition coefficient (Wildman–Crippen LogP) is 3.33. The SMILES string of the molecule is Cl.O=C(Nc1cc(CC2CCCCC2)[nH]n1)c1ccn(C2CCCNC2)n1. The lowest BCUT2D eigenvalue weighted by Crippen LogP contribution is -2.32. The van der Waals surface area contributed by atoms with Crippen molar-refractivity contribution in [3.63, 3.8) is 0 Å².